The van der Waals surface area contributed by atoms with Crippen LogP contribution in [-0.2, 0) is 6.42 Å². The minimum absolute atomic E-state index is 0.0339. The van der Waals surface area contributed by atoms with Gasteiger partial charge in [0.05, 0.1) is 12.3 Å². The Morgan fingerprint density at radius 3 is 2.76 bits per heavy atom. The van der Waals surface area contributed by atoms with E-state index in [0.717, 1.165) is 5.56 Å². The molecule has 0 aliphatic heterocycles. The van der Waals surface area contributed by atoms with Crippen molar-refractivity contribution in [1.82, 2.24) is 15.3 Å². The molecule has 0 radical (unpaired) electrons. The average molecular weight is 287 g/mol. The molecule has 1 atom stereocenters. The van der Waals surface area contributed by atoms with Crippen LogP contribution in [0.25, 0.3) is 0 Å². The highest BCUT2D eigenvalue weighted by Gasteiger charge is 2.35. The third-order valence-electron chi connectivity index (χ3n) is 3.90. The molecule has 21 heavy (non-hydrogen) atoms. The van der Waals surface area contributed by atoms with Crippen molar-refractivity contribution in [1.29, 1.82) is 0 Å². The molecule has 0 bridgehead atoms. The van der Waals surface area contributed by atoms with Crippen molar-refractivity contribution in [2.24, 2.45) is 5.92 Å². The van der Waals surface area contributed by atoms with Crippen LogP contribution in [0.5, 0.6) is 0 Å². The Bertz CT molecular complexity index is 579. The summed E-state index contributed by atoms with van der Waals surface area (Å²) in [5, 5.41) is 12.5. The summed E-state index contributed by atoms with van der Waals surface area (Å²) in [6.07, 6.45) is 7.99. The molecular weight excluding hydrogens is 270 g/mol. The van der Waals surface area contributed by atoms with Crippen LogP contribution >= 0.6 is 0 Å². The van der Waals surface area contributed by atoms with Gasteiger partial charge in [0.2, 0.25) is 5.76 Å². The Balaban J connectivity index is 1.69. The molecule has 0 aromatic carbocycles. The zero-order valence-electron chi connectivity index (χ0n) is 11.5. The molecule has 2 heterocycles. The Morgan fingerprint density at radius 1 is 1.38 bits per heavy atom. The van der Waals surface area contributed by atoms with Gasteiger partial charge in [-0.3, -0.25) is 9.78 Å². The van der Waals surface area contributed by atoms with Gasteiger partial charge in [0.15, 0.2) is 6.39 Å². The number of carbonyl (C=O) groups excluding carboxylic acids is 1. The van der Waals surface area contributed by atoms with Gasteiger partial charge in [0.25, 0.3) is 5.91 Å². The van der Waals surface area contributed by atoms with Crippen molar-refractivity contribution in [3.63, 3.8) is 0 Å². The summed E-state index contributed by atoms with van der Waals surface area (Å²) in [6.45, 7) is 0. The van der Waals surface area contributed by atoms with Crippen molar-refractivity contribution in [2.45, 2.75) is 31.4 Å². The van der Waals surface area contributed by atoms with E-state index in [1.165, 1.54) is 12.6 Å². The SMILES string of the molecule is O=C(NC(Cc1ccncc1)C1CC(O)C1)c1cnco1. The number of hydrogen-bond acceptors (Lipinski definition) is 5. The number of nitrogens with one attached hydrogen (secondary N) is 1. The maximum Gasteiger partial charge on any atom is 0.288 e. The van der Waals surface area contributed by atoms with Gasteiger partial charge in [-0.2, -0.15) is 0 Å². The maximum atomic E-state index is 12.1. The lowest BCUT2D eigenvalue weighted by Crippen LogP contribution is -2.48. The highest BCUT2D eigenvalue weighted by Crippen LogP contribution is 2.31. The number of aromatic nitrogens is 2. The molecule has 1 fully saturated rings. The Kier molecular flexibility index (Phi) is 3.96. The minimum atomic E-state index is -0.270. The minimum Gasteiger partial charge on any atom is -0.438 e. The van der Waals surface area contributed by atoms with E-state index in [-0.39, 0.29) is 29.7 Å². The fraction of sp³-hybridized carbons (Fsp3) is 0.400. The molecule has 1 aliphatic rings. The van der Waals surface area contributed by atoms with Crippen molar-refractivity contribution < 1.29 is 14.3 Å². The first-order valence-corrected chi connectivity index (χ1v) is 6.98. The van der Waals surface area contributed by atoms with E-state index in [4.69, 9.17) is 4.42 Å². The van der Waals surface area contributed by atoms with E-state index >= 15 is 0 Å². The van der Waals surface area contributed by atoms with E-state index in [0.29, 0.717) is 19.3 Å². The number of rotatable bonds is 5. The summed E-state index contributed by atoms with van der Waals surface area (Å²) in [5.41, 5.74) is 1.11. The standard InChI is InChI=1S/C15H17N3O3/c19-12-6-11(7-12)13(5-10-1-3-16-4-2-10)18-15(20)14-8-17-9-21-14/h1-4,8-9,11-13,19H,5-7H2,(H,18,20). The highest BCUT2D eigenvalue weighted by atomic mass is 16.3. The summed E-state index contributed by atoms with van der Waals surface area (Å²) >= 11 is 0. The lowest BCUT2D eigenvalue weighted by Gasteiger charge is -2.38. The van der Waals surface area contributed by atoms with Crippen LogP contribution in [0, 0.1) is 5.92 Å². The molecule has 2 N–H and O–H groups in total. The maximum absolute atomic E-state index is 12.1. The van der Waals surface area contributed by atoms with Crippen molar-refractivity contribution >= 4 is 5.91 Å². The third-order valence-corrected chi connectivity index (χ3v) is 3.90. The third kappa shape index (κ3) is 3.28. The second kappa shape index (κ2) is 6.05. The first kappa shape index (κ1) is 13.8. The Labute approximate surface area is 122 Å². The number of aliphatic hydroxyl groups excluding tert-OH is 1. The lowest BCUT2D eigenvalue weighted by molar-refractivity contribution is 0.0236. The van der Waals surface area contributed by atoms with E-state index < -0.39 is 0 Å². The van der Waals surface area contributed by atoms with E-state index in [9.17, 15) is 9.90 Å². The van der Waals surface area contributed by atoms with Gasteiger partial charge < -0.3 is 14.8 Å². The van der Waals surface area contributed by atoms with Gasteiger partial charge in [-0.15, -0.1) is 0 Å². The molecule has 110 valence electrons. The van der Waals surface area contributed by atoms with Gasteiger partial charge in [-0.25, -0.2) is 4.98 Å². The monoisotopic (exact) mass is 287 g/mol. The topological polar surface area (TPSA) is 88.2 Å². The molecule has 6 nitrogen and oxygen atoms in total. The van der Waals surface area contributed by atoms with Crippen LogP contribution in [0.15, 0.2) is 41.5 Å². The second-order valence-corrected chi connectivity index (χ2v) is 5.39. The highest BCUT2D eigenvalue weighted by molar-refractivity contribution is 5.91. The summed E-state index contributed by atoms with van der Waals surface area (Å²) in [5.74, 6) is 0.211. The molecule has 0 saturated heterocycles. The number of oxazole rings is 1. The van der Waals surface area contributed by atoms with Crippen LogP contribution in [-0.4, -0.2) is 33.1 Å². The van der Waals surface area contributed by atoms with Crippen molar-refractivity contribution in [3.8, 4) is 0 Å². The van der Waals surface area contributed by atoms with Crippen LogP contribution in [0.2, 0.25) is 0 Å². The Morgan fingerprint density at radius 2 is 2.14 bits per heavy atom. The van der Waals surface area contributed by atoms with Gasteiger partial charge in [-0.1, -0.05) is 0 Å². The van der Waals surface area contributed by atoms with E-state index in [1.54, 1.807) is 12.4 Å². The van der Waals surface area contributed by atoms with Gasteiger partial charge in [-0.05, 0) is 42.9 Å². The molecule has 0 spiro atoms. The van der Waals surface area contributed by atoms with Gasteiger partial charge in [0.1, 0.15) is 0 Å². The van der Waals surface area contributed by atoms with Crippen LogP contribution < -0.4 is 5.32 Å². The summed E-state index contributed by atoms with van der Waals surface area (Å²) in [6, 6.07) is 3.83. The first-order chi connectivity index (χ1) is 10.2. The quantitative estimate of drug-likeness (QED) is 0.862. The van der Waals surface area contributed by atoms with Crippen LogP contribution in [0.4, 0.5) is 0 Å². The predicted octanol–water partition coefficient (Wildman–Crippen LogP) is 1.18. The average Bonchev–Trinajstić information content (AvgIpc) is 2.98. The molecule has 1 amide bonds. The van der Waals surface area contributed by atoms with Gasteiger partial charge in [0, 0.05) is 18.4 Å². The Hall–Kier alpha value is -2.21. The molecule has 1 unspecified atom stereocenters. The molecule has 6 heteroatoms. The number of aliphatic hydroxyl groups is 1. The van der Waals surface area contributed by atoms with E-state index in [2.05, 4.69) is 15.3 Å². The second-order valence-electron chi connectivity index (χ2n) is 5.39. The normalized spacial score (nSPS) is 22.3. The fourth-order valence-corrected chi connectivity index (χ4v) is 2.63. The zero-order chi connectivity index (χ0) is 14.7. The van der Waals surface area contributed by atoms with Crippen LogP contribution in [0.3, 0.4) is 0 Å². The van der Waals surface area contributed by atoms with Crippen molar-refractivity contribution in [2.75, 3.05) is 0 Å². The largest absolute Gasteiger partial charge is 0.438 e. The number of nitrogens with zero attached hydrogens (tertiary/aromatic N) is 2. The van der Waals surface area contributed by atoms with E-state index in [1.807, 2.05) is 12.1 Å². The molecule has 1 aliphatic carbocycles. The smallest absolute Gasteiger partial charge is 0.288 e. The predicted molar refractivity (Wildman–Crippen MR) is 74.4 cm³/mol. The van der Waals surface area contributed by atoms with Crippen molar-refractivity contribution in [3.05, 3.63) is 48.4 Å². The molecule has 2 aromatic rings. The first-order valence-electron chi connectivity index (χ1n) is 6.98. The molecule has 1 saturated carbocycles. The molecular formula is C15H17N3O3. The fourth-order valence-electron chi connectivity index (χ4n) is 2.63. The summed E-state index contributed by atoms with van der Waals surface area (Å²) < 4.78 is 5.02. The summed E-state index contributed by atoms with van der Waals surface area (Å²) in [4.78, 5) is 19.9. The number of carbonyl (C=O) groups is 1. The van der Waals surface area contributed by atoms with Crippen LogP contribution in [0.1, 0.15) is 29.0 Å². The molecule has 2 aromatic heterocycles. The number of pyridine rings is 1. The number of amides is 1. The summed E-state index contributed by atoms with van der Waals surface area (Å²) in [7, 11) is 0. The lowest BCUT2D eigenvalue weighted by atomic mass is 9.75. The zero-order valence-corrected chi connectivity index (χ0v) is 11.5. The molecule has 3 rings (SSSR count). The van der Waals surface area contributed by atoms with Gasteiger partial charge >= 0.3 is 0 Å². The number of hydrogen-bond donors (Lipinski definition) is 2.